The molecule has 0 unspecified atom stereocenters. The molecule has 0 aliphatic heterocycles. The molecule has 3 nitrogen and oxygen atoms in total. The Morgan fingerprint density at radius 1 is 1.47 bits per heavy atom. The van der Waals surface area contributed by atoms with Gasteiger partial charge in [0.1, 0.15) is 11.6 Å². The second kappa shape index (κ2) is 6.68. The molecule has 0 radical (unpaired) electrons. The lowest BCUT2D eigenvalue weighted by Crippen LogP contribution is -2.10. The fourth-order valence-electron chi connectivity index (χ4n) is 2.00. The van der Waals surface area contributed by atoms with Crippen LogP contribution in [0.2, 0.25) is 0 Å². The number of ether oxygens (including phenoxy) is 1. The Morgan fingerprint density at radius 2 is 2.26 bits per heavy atom. The number of hydrogen-bond acceptors (Lipinski definition) is 2. The number of alkyl halides is 1. The van der Waals surface area contributed by atoms with Crippen LogP contribution in [0, 0.1) is 5.82 Å². The van der Waals surface area contributed by atoms with Gasteiger partial charge in [0, 0.05) is 31.5 Å². The first kappa shape index (κ1) is 14.8. The van der Waals surface area contributed by atoms with Crippen molar-refractivity contribution in [2.24, 2.45) is 0 Å². The highest BCUT2D eigenvalue weighted by atomic mass is 79.9. The molecule has 1 aromatic carbocycles. The lowest BCUT2D eigenvalue weighted by atomic mass is 10.3. The van der Waals surface area contributed by atoms with E-state index in [1.54, 1.807) is 6.07 Å². The maximum absolute atomic E-state index is 13.5. The van der Waals surface area contributed by atoms with E-state index in [-0.39, 0.29) is 5.82 Å². The number of fused-ring (bicyclic) bond motifs is 1. The van der Waals surface area contributed by atoms with E-state index < -0.39 is 0 Å². The summed E-state index contributed by atoms with van der Waals surface area (Å²) in [6.45, 7) is 3.92. The number of aromatic nitrogens is 2. The van der Waals surface area contributed by atoms with E-state index in [1.165, 1.54) is 6.07 Å². The number of benzene rings is 1. The maximum Gasteiger partial charge on any atom is 0.139 e. The zero-order chi connectivity index (χ0) is 13.8. The van der Waals surface area contributed by atoms with Gasteiger partial charge in [-0.3, -0.25) is 0 Å². The number of halogens is 3. The summed E-state index contributed by atoms with van der Waals surface area (Å²) in [6, 6.07) is 3.19. The SMILES string of the molecule is CCOCCn1c(CCCl)nc2cc(F)c(Br)cc21. The van der Waals surface area contributed by atoms with Gasteiger partial charge in [0.25, 0.3) is 0 Å². The van der Waals surface area contributed by atoms with Crippen LogP contribution in [0.4, 0.5) is 4.39 Å². The summed E-state index contributed by atoms with van der Waals surface area (Å²) < 4.78 is 21.4. The second-order valence-electron chi connectivity index (χ2n) is 4.07. The summed E-state index contributed by atoms with van der Waals surface area (Å²) >= 11 is 9.00. The predicted octanol–water partition coefficient (Wildman–Crippen LogP) is 3.76. The van der Waals surface area contributed by atoms with Crippen LogP contribution in [0.1, 0.15) is 12.7 Å². The van der Waals surface area contributed by atoms with Gasteiger partial charge >= 0.3 is 0 Å². The van der Waals surface area contributed by atoms with Crippen molar-refractivity contribution in [3.8, 4) is 0 Å². The minimum absolute atomic E-state index is 0.306. The highest BCUT2D eigenvalue weighted by Crippen LogP contribution is 2.24. The van der Waals surface area contributed by atoms with E-state index in [0.29, 0.717) is 42.0 Å². The smallest absolute Gasteiger partial charge is 0.139 e. The molecule has 0 fully saturated rings. The Kier molecular flexibility index (Phi) is 5.19. The molecule has 6 heteroatoms. The zero-order valence-electron chi connectivity index (χ0n) is 10.6. The average Bonchev–Trinajstić information content (AvgIpc) is 2.69. The molecule has 0 saturated carbocycles. The molecular formula is C13H15BrClFN2O. The maximum atomic E-state index is 13.5. The Bertz CT molecular complexity index is 573. The van der Waals surface area contributed by atoms with E-state index in [1.807, 2.05) is 11.5 Å². The van der Waals surface area contributed by atoms with Gasteiger partial charge in [-0.15, -0.1) is 11.6 Å². The van der Waals surface area contributed by atoms with Crippen molar-refractivity contribution in [2.45, 2.75) is 19.9 Å². The Morgan fingerprint density at radius 3 is 2.95 bits per heavy atom. The molecule has 0 amide bonds. The predicted molar refractivity (Wildman–Crippen MR) is 78.3 cm³/mol. The quantitative estimate of drug-likeness (QED) is 0.586. The third-order valence-electron chi connectivity index (χ3n) is 2.85. The lowest BCUT2D eigenvalue weighted by molar-refractivity contribution is 0.139. The van der Waals surface area contributed by atoms with Crippen LogP contribution in [-0.4, -0.2) is 28.6 Å². The van der Waals surface area contributed by atoms with Crippen molar-refractivity contribution in [2.75, 3.05) is 19.1 Å². The van der Waals surface area contributed by atoms with Crippen LogP contribution in [0.5, 0.6) is 0 Å². The van der Waals surface area contributed by atoms with Crippen LogP contribution in [-0.2, 0) is 17.7 Å². The molecule has 0 bridgehead atoms. The number of rotatable bonds is 6. The van der Waals surface area contributed by atoms with Crippen LogP contribution in [0.15, 0.2) is 16.6 Å². The molecule has 19 heavy (non-hydrogen) atoms. The summed E-state index contributed by atoms with van der Waals surface area (Å²) in [7, 11) is 0. The van der Waals surface area contributed by atoms with Crippen molar-refractivity contribution in [3.05, 3.63) is 28.2 Å². The van der Waals surface area contributed by atoms with Gasteiger partial charge in [0.05, 0.1) is 22.1 Å². The molecule has 2 aromatic rings. The first-order valence-corrected chi connectivity index (χ1v) is 7.48. The summed E-state index contributed by atoms with van der Waals surface area (Å²) in [5.74, 6) is 1.04. The topological polar surface area (TPSA) is 27.1 Å². The first-order chi connectivity index (χ1) is 9.17. The third kappa shape index (κ3) is 3.27. The number of nitrogens with zero attached hydrogens (tertiary/aromatic N) is 2. The van der Waals surface area contributed by atoms with Gasteiger partial charge in [-0.2, -0.15) is 0 Å². The summed E-state index contributed by atoms with van der Waals surface area (Å²) in [5, 5.41) is 0. The average molecular weight is 350 g/mol. The lowest BCUT2D eigenvalue weighted by Gasteiger charge is -2.08. The molecule has 0 saturated heterocycles. The number of imidazole rings is 1. The Balaban J connectivity index is 2.43. The Hall–Kier alpha value is -0.650. The fourth-order valence-corrected chi connectivity index (χ4v) is 2.50. The van der Waals surface area contributed by atoms with E-state index >= 15 is 0 Å². The van der Waals surface area contributed by atoms with Gasteiger partial charge in [-0.25, -0.2) is 9.37 Å². The van der Waals surface area contributed by atoms with Crippen molar-refractivity contribution in [1.82, 2.24) is 9.55 Å². The molecular weight excluding hydrogens is 335 g/mol. The molecule has 2 rings (SSSR count). The van der Waals surface area contributed by atoms with Crippen molar-refractivity contribution < 1.29 is 9.13 Å². The van der Waals surface area contributed by atoms with Crippen molar-refractivity contribution in [1.29, 1.82) is 0 Å². The molecule has 0 N–H and O–H groups in total. The highest BCUT2D eigenvalue weighted by molar-refractivity contribution is 9.10. The molecule has 0 atom stereocenters. The summed E-state index contributed by atoms with van der Waals surface area (Å²) in [4.78, 5) is 4.45. The summed E-state index contributed by atoms with van der Waals surface area (Å²) in [5.41, 5.74) is 1.55. The third-order valence-corrected chi connectivity index (χ3v) is 3.65. The van der Waals surface area contributed by atoms with Crippen molar-refractivity contribution in [3.63, 3.8) is 0 Å². The monoisotopic (exact) mass is 348 g/mol. The van der Waals surface area contributed by atoms with E-state index in [9.17, 15) is 4.39 Å². The molecule has 1 heterocycles. The van der Waals surface area contributed by atoms with Gasteiger partial charge in [-0.1, -0.05) is 0 Å². The van der Waals surface area contributed by atoms with Crippen LogP contribution in [0.25, 0.3) is 11.0 Å². The first-order valence-electron chi connectivity index (χ1n) is 6.15. The fraction of sp³-hybridized carbons (Fsp3) is 0.462. The molecule has 0 aliphatic rings. The minimum atomic E-state index is -0.306. The van der Waals surface area contributed by atoms with Gasteiger partial charge < -0.3 is 9.30 Å². The van der Waals surface area contributed by atoms with Crippen molar-refractivity contribution >= 4 is 38.6 Å². The van der Waals surface area contributed by atoms with Crippen LogP contribution in [0.3, 0.4) is 0 Å². The van der Waals surface area contributed by atoms with Gasteiger partial charge in [-0.05, 0) is 28.9 Å². The second-order valence-corrected chi connectivity index (χ2v) is 5.30. The zero-order valence-corrected chi connectivity index (χ0v) is 13.0. The highest BCUT2D eigenvalue weighted by Gasteiger charge is 2.13. The number of hydrogen-bond donors (Lipinski definition) is 0. The molecule has 0 spiro atoms. The van der Waals surface area contributed by atoms with Crippen LogP contribution >= 0.6 is 27.5 Å². The summed E-state index contributed by atoms with van der Waals surface area (Å²) in [6.07, 6.45) is 0.654. The van der Waals surface area contributed by atoms with E-state index in [2.05, 4.69) is 20.9 Å². The largest absolute Gasteiger partial charge is 0.380 e. The Labute approximate surface area is 124 Å². The molecule has 1 aromatic heterocycles. The molecule has 0 aliphatic carbocycles. The van der Waals surface area contributed by atoms with E-state index in [0.717, 1.165) is 11.3 Å². The minimum Gasteiger partial charge on any atom is -0.380 e. The van der Waals surface area contributed by atoms with Gasteiger partial charge in [0.2, 0.25) is 0 Å². The normalized spacial score (nSPS) is 11.4. The standard InChI is InChI=1S/C13H15BrClFN2O/c1-2-19-6-5-18-12-7-9(14)10(16)8-11(12)17-13(18)3-4-15/h7-8H,2-6H2,1H3. The number of aryl methyl sites for hydroxylation is 1. The van der Waals surface area contributed by atoms with Crippen LogP contribution < -0.4 is 0 Å². The van der Waals surface area contributed by atoms with Gasteiger partial charge in [0.15, 0.2) is 0 Å². The molecule has 104 valence electrons. The van der Waals surface area contributed by atoms with E-state index in [4.69, 9.17) is 16.3 Å².